The van der Waals surface area contributed by atoms with E-state index in [9.17, 15) is 4.55 Å². The molecule has 1 fully saturated rings. The molecular formula is C22H24N4O2S. The molecule has 7 heteroatoms. The molecule has 1 aliphatic rings. The normalized spacial score (nSPS) is 15.7. The Morgan fingerprint density at radius 3 is 2.48 bits per heavy atom. The Kier molecular flexibility index (Phi) is 6.29. The summed E-state index contributed by atoms with van der Waals surface area (Å²) >= 11 is -1.04. The van der Waals surface area contributed by atoms with Crippen molar-refractivity contribution >= 4 is 28.5 Å². The quantitative estimate of drug-likeness (QED) is 0.595. The average Bonchev–Trinajstić information content (AvgIpc) is 2.75. The van der Waals surface area contributed by atoms with Gasteiger partial charge in [-0.15, -0.1) is 0 Å². The molecule has 0 bridgehead atoms. The second kappa shape index (κ2) is 9.26. The van der Waals surface area contributed by atoms with Crippen LogP contribution in [0.4, 0.5) is 17.3 Å². The van der Waals surface area contributed by atoms with Crippen LogP contribution in [-0.4, -0.2) is 40.0 Å². The van der Waals surface area contributed by atoms with Gasteiger partial charge in [0.2, 0.25) is 0 Å². The predicted octanol–water partition coefficient (Wildman–Crippen LogP) is 4.22. The minimum atomic E-state index is -1.04. The summed E-state index contributed by atoms with van der Waals surface area (Å²) in [6.07, 6.45) is 3.59. The molecule has 1 aliphatic heterocycles. The summed E-state index contributed by atoms with van der Waals surface area (Å²) in [6.45, 7) is 1.53. The fraction of sp³-hybridized carbons (Fsp3) is 0.273. The number of hydrogen-bond acceptors (Lipinski definition) is 6. The van der Waals surface area contributed by atoms with Crippen molar-refractivity contribution < 1.29 is 9.29 Å². The molecule has 0 saturated carbocycles. The predicted molar refractivity (Wildman–Crippen MR) is 117 cm³/mol. The van der Waals surface area contributed by atoms with Crippen LogP contribution in [0.25, 0.3) is 11.4 Å². The monoisotopic (exact) mass is 408 g/mol. The molecule has 1 saturated heterocycles. The van der Waals surface area contributed by atoms with Crippen LogP contribution < -0.4 is 10.6 Å². The van der Waals surface area contributed by atoms with E-state index >= 15 is 0 Å². The zero-order chi connectivity index (χ0) is 20.1. The molecule has 2 aromatic carbocycles. The summed E-state index contributed by atoms with van der Waals surface area (Å²) < 4.78 is 17.3. The van der Waals surface area contributed by atoms with Crippen LogP contribution in [0.1, 0.15) is 12.8 Å². The maximum Gasteiger partial charge on any atom is 0.163 e. The second-order valence-corrected chi connectivity index (χ2v) is 8.35. The van der Waals surface area contributed by atoms with Crippen molar-refractivity contribution in [2.45, 2.75) is 23.8 Å². The number of anilines is 3. The molecule has 150 valence electrons. The zero-order valence-corrected chi connectivity index (χ0v) is 17.1. The Labute approximate surface area is 173 Å². The molecule has 0 spiro atoms. The van der Waals surface area contributed by atoms with Gasteiger partial charge in [-0.2, -0.15) is 0 Å². The number of benzene rings is 2. The third-order valence-corrected chi connectivity index (χ3v) is 5.69. The summed E-state index contributed by atoms with van der Waals surface area (Å²) in [5.41, 5.74) is 1.79. The van der Waals surface area contributed by atoms with Crippen LogP contribution in [0.5, 0.6) is 0 Å². The van der Waals surface area contributed by atoms with Gasteiger partial charge in [-0.3, -0.25) is 0 Å². The highest BCUT2D eigenvalue weighted by Gasteiger charge is 2.16. The topological polar surface area (TPSA) is 82.1 Å². The summed E-state index contributed by atoms with van der Waals surface area (Å²) in [5, 5.41) is 6.86. The smallest absolute Gasteiger partial charge is 0.163 e. The molecule has 0 amide bonds. The Morgan fingerprint density at radius 2 is 1.72 bits per heavy atom. The highest BCUT2D eigenvalue weighted by molar-refractivity contribution is 7.90. The van der Waals surface area contributed by atoms with Crippen LogP contribution in [0, 0.1) is 0 Å². The molecule has 3 aromatic rings. The first kappa shape index (κ1) is 19.7. The summed E-state index contributed by atoms with van der Waals surface area (Å²) in [4.78, 5) is 10.2. The maximum atomic E-state index is 11.8. The molecule has 29 heavy (non-hydrogen) atoms. The molecule has 1 unspecified atom stereocenters. The number of nitrogens with one attached hydrogen (secondary N) is 2. The Bertz CT molecular complexity index is 947. The lowest BCUT2D eigenvalue weighted by atomic mass is 10.1. The van der Waals surface area contributed by atoms with Crippen molar-refractivity contribution in [2.24, 2.45) is 0 Å². The van der Waals surface area contributed by atoms with Gasteiger partial charge in [-0.25, -0.2) is 9.97 Å². The van der Waals surface area contributed by atoms with Crippen LogP contribution in [0.15, 0.2) is 65.6 Å². The lowest BCUT2D eigenvalue weighted by Gasteiger charge is -2.24. The van der Waals surface area contributed by atoms with Crippen molar-refractivity contribution in [3.8, 4) is 11.4 Å². The molecular weight excluding hydrogens is 384 g/mol. The minimum absolute atomic E-state index is 0.334. The van der Waals surface area contributed by atoms with Gasteiger partial charge in [0, 0.05) is 42.6 Å². The molecule has 2 heterocycles. The van der Waals surface area contributed by atoms with Crippen LogP contribution in [-0.2, 0) is 15.9 Å². The van der Waals surface area contributed by atoms with Crippen molar-refractivity contribution in [3.05, 3.63) is 60.7 Å². The van der Waals surface area contributed by atoms with Gasteiger partial charge in [0.1, 0.15) is 17.9 Å². The van der Waals surface area contributed by atoms with Gasteiger partial charge in [0.25, 0.3) is 0 Å². The van der Waals surface area contributed by atoms with Gasteiger partial charge >= 0.3 is 0 Å². The molecule has 6 nitrogen and oxygen atoms in total. The second-order valence-electron chi connectivity index (χ2n) is 6.97. The van der Waals surface area contributed by atoms with E-state index in [0.717, 1.165) is 48.0 Å². The SMILES string of the molecule is C[S+]([O-])c1cccc(Nc2cc(NC3CCOCC3)nc(-c3ccccc3)n2)c1. The average molecular weight is 409 g/mol. The van der Waals surface area contributed by atoms with E-state index < -0.39 is 11.2 Å². The highest BCUT2D eigenvalue weighted by atomic mass is 32.2. The molecule has 1 atom stereocenters. The van der Waals surface area contributed by atoms with Crippen molar-refractivity contribution in [1.82, 2.24) is 9.97 Å². The van der Waals surface area contributed by atoms with Gasteiger partial charge in [0.15, 0.2) is 10.7 Å². The lowest BCUT2D eigenvalue weighted by molar-refractivity contribution is 0.0904. The third-order valence-electron chi connectivity index (χ3n) is 4.77. The summed E-state index contributed by atoms with van der Waals surface area (Å²) in [7, 11) is 0. The van der Waals surface area contributed by atoms with E-state index in [1.54, 1.807) is 6.26 Å². The van der Waals surface area contributed by atoms with E-state index in [0.29, 0.717) is 17.7 Å². The molecule has 1 aromatic heterocycles. The minimum Gasteiger partial charge on any atom is -0.612 e. The van der Waals surface area contributed by atoms with E-state index in [1.165, 1.54) is 0 Å². The first-order valence-corrected chi connectivity index (χ1v) is 11.2. The van der Waals surface area contributed by atoms with E-state index in [1.807, 2.05) is 60.7 Å². The molecule has 0 aliphatic carbocycles. The Balaban J connectivity index is 1.64. The first-order chi connectivity index (χ1) is 14.2. The van der Waals surface area contributed by atoms with E-state index in [-0.39, 0.29) is 0 Å². The van der Waals surface area contributed by atoms with Gasteiger partial charge < -0.3 is 19.9 Å². The van der Waals surface area contributed by atoms with Crippen LogP contribution in [0.3, 0.4) is 0 Å². The lowest BCUT2D eigenvalue weighted by Crippen LogP contribution is -2.28. The first-order valence-electron chi connectivity index (χ1n) is 9.67. The van der Waals surface area contributed by atoms with Gasteiger partial charge in [0.05, 0.1) is 0 Å². The third kappa shape index (κ3) is 5.26. The largest absolute Gasteiger partial charge is 0.612 e. The fourth-order valence-electron chi connectivity index (χ4n) is 3.25. The maximum absolute atomic E-state index is 11.8. The van der Waals surface area contributed by atoms with Crippen LogP contribution in [0.2, 0.25) is 0 Å². The highest BCUT2D eigenvalue weighted by Crippen LogP contribution is 2.25. The fourth-order valence-corrected chi connectivity index (χ4v) is 3.82. The number of hydrogen-bond donors (Lipinski definition) is 2. The van der Waals surface area contributed by atoms with Gasteiger partial charge in [-0.05, 0) is 36.2 Å². The van der Waals surface area contributed by atoms with Crippen molar-refractivity contribution in [1.29, 1.82) is 0 Å². The van der Waals surface area contributed by atoms with Crippen molar-refractivity contribution in [3.63, 3.8) is 0 Å². The summed E-state index contributed by atoms with van der Waals surface area (Å²) in [5.74, 6) is 2.12. The molecule has 2 N–H and O–H groups in total. The number of rotatable bonds is 6. The van der Waals surface area contributed by atoms with E-state index in [4.69, 9.17) is 14.7 Å². The van der Waals surface area contributed by atoms with Crippen molar-refractivity contribution in [2.75, 3.05) is 30.1 Å². The standard InChI is InChI=1S/C22H24N4O2S/c1-29(27)19-9-5-8-18(14-19)24-21-15-20(23-17-10-12-28-13-11-17)25-22(26-21)16-6-3-2-4-7-16/h2-9,14-15,17H,10-13H2,1H3,(H2,23,24,25,26). The Morgan fingerprint density at radius 1 is 0.966 bits per heavy atom. The summed E-state index contributed by atoms with van der Waals surface area (Å²) in [6, 6.07) is 19.7. The number of aromatic nitrogens is 2. The molecule has 0 radical (unpaired) electrons. The number of ether oxygens (including phenoxy) is 1. The zero-order valence-electron chi connectivity index (χ0n) is 16.3. The Hall–Kier alpha value is -2.61. The molecule has 4 rings (SSSR count). The van der Waals surface area contributed by atoms with Gasteiger partial charge in [-0.1, -0.05) is 36.4 Å². The number of nitrogens with zero attached hydrogens (tertiary/aromatic N) is 2. The van der Waals surface area contributed by atoms with E-state index in [2.05, 4.69) is 10.6 Å². The van der Waals surface area contributed by atoms with Crippen LogP contribution >= 0.6 is 0 Å².